The monoisotopic (exact) mass is 603 g/mol. The van der Waals surface area contributed by atoms with Crippen molar-refractivity contribution in [1.82, 2.24) is 9.80 Å². The van der Waals surface area contributed by atoms with E-state index < -0.39 is 0 Å². The lowest BCUT2D eigenvalue weighted by Crippen LogP contribution is -2.39. The Labute approximate surface area is 273 Å². The zero-order valence-corrected chi connectivity index (χ0v) is 30.4. The van der Waals surface area contributed by atoms with Crippen LogP contribution in [0.1, 0.15) is 233 Å². The number of hydrogen-bond donors (Lipinski definition) is 0. The van der Waals surface area contributed by atoms with Crippen LogP contribution in [0.4, 0.5) is 0 Å². The zero-order chi connectivity index (χ0) is 30.9. The Kier molecular flexibility index (Phi) is 30.7. The molecule has 1 aliphatic heterocycles. The molecule has 0 aromatic rings. The van der Waals surface area contributed by atoms with E-state index in [2.05, 4.69) is 43.0 Å². The summed E-state index contributed by atoms with van der Waals surface area (Å²) in [6.07, 6.45) is 53.1. The number of rotatable bonds is 35. The molecule has 0 spiro atoms. The van der Waals surface area contributed by atoms with Crippen molar-refractivity contribution < 1.29 is 0 Å². The summed E-state index contributed by atoms with van der Waals surface area (Å²) in [7, 11) is 0. The van der Waals surface area contributed by atoms with Crippen LogP contribution in [0.15, 0.2) is 12.4 Å². The largest absolute Gasteiger partial charge is 0.356 e. The van der Waals surface area contributed by atoms with E-state index in [0.29, 0.717) is 6.17 Å². The highest BCUT2D eigenvalue weighted by atomic mass is 15.4. The van der Waals surface area contributed by atoms with Gasteiger partial charge < -0.3 is 9.80 Å². The SMILES string of the molecule is CCCCCCCCCCCCCCCCCCN1C=CN(CCC)C1CCCCCCCCCCCCCCCCC. The Hall–Kier alpha value is -0.660. The number of hydrogen-bond acceptors (Lipinski definition) is 2. The maximum Gasteiger partial charge on any atom is 0.101 e. The highest BCUT2D eigenvalue weighted by Gasteiger charge is 2.24. The normalized spacial score (nSPS) is 14.9. The predicted molar refractivity (Wildman–Crippen MR) is 196 cm³/mol. The van der Waals surface area contributed by atoms with Gasteiger partial charge in [-0.3, -0.25) is 0 Å². The maximum atomic E-state index is 2.68. The van der Waals surface area contributed by atoms with Gasteiger partial charge in [0.2, 0.25) is 0 Å². The van der Waals surface area contributed by atoms with Crippen molar-refractivity contribution in [2.45, 2.75) is 239 Å². The van der Waals surface area contributed by atoms with Gasteiger partial charge in [0.25, 0.3) is 0 Å². The van der Waals surface area contributed by atoms with Crippen LogP contribution in [0.2, 0.25) is 0 Å². The molecule has 43 heavy (non-hydrogen) atoms. The topological polar surface area (TPSA) is 6.48 Å². The number of nitrogens with zero attached hydrogens (tertiary/aromatic N) is 2. The summed E-state index contributed by atoms with van der Waals surface area (Å²) in [5.74, 6) is 0. The molecule has 0 aliphatic carbocycles. The van der Waals surface area contributed by atoms with Gasteiger partial charge in [-0.25, -0.2) is 0 Å². The Morgan fingerprint density at radius 1 is 0.302 bits per heavy atom. The molecule has 2 heteroatoms. The summed E-state index contributed by atoms with van der Waals surface area (Å²) in [5.41, 5.74) is 0. The molecule has 0 radical (unpaired) electrons. The molecular weight excluding hydrogens is 520 g/mol. The van der Waals surface area contributed by atoms with E-state index in [1.807, 2.05) is 0 Å². The van der Waals surface area contributed by atoms with E-state index in [1.54, 1.807) is 0 Å². The first-order valence-corrected chi connectivity index (χ1v) is 20.5. The fourth-order valence-electron chi connectivity index (χ4n) is 7.14. The van der Waals surface area contributed by atoms with Crippen molar-refractivity contribution in [3.63, 3.8) is 0 Å². The van der Waals surface area contributed by atoms with E-state index in [1.165, 1.54) is 225 Å². The third-order valence-corrected chi connectivity index (χ3v) is 10.0. The molecule has 0 N–H and O–H groups in total. The Balaban J connectivity index is 1.96. The lowest BCUT2D eigenvalue weighted by atomic mass is 10.0. The molecule has 1 rings (SSSR count). The average Bonchev–Trinajstić information content (AvgIpc) is 3.39. The van der Waals surface area contributed by atoms with Crippen molar-refractivity contribution in [3.05, 3.63) is 12.4 Å². The quantitative estimate of drug-likeness (QED) is 0.0666. The maximum absolute atomic E-state index is 2.68. The predicted octanol–water partition coefficient (Wildman–Crippen LogP) is 14.3. The Morgan fingerprint density at radius 3 is 0.907 bits per heavy atom. The van der Waals surface area contributed by atoms with Crippen LogP contribution in [0, 0.1) is 0 Å². The van der Waals surface area contributed by atoms with Gasteiger partial charge in [-0.15, -0.1) is 0 Å². The van der Waals surface area contributed by atoms with E-state index in [-0.39, 0.29) is 0 Å². The molecular formula is C41H82N2. The molecule has 1 heterocycles. The number of unbranched alkanes of at least 4 members (excludes halogenated alkanes) is 29. The van der Waals surface area contributed by atoms with Gasteiger partial charge in [-0.2, -0.15) is 0 Å². The van der Waals surface area contributed by atoms with Crippen LogP contribution in [-0.2, 0) is 0 Å². The summed E-state index contributed by atoms with van der Waals surface area (Å²) < 4.78 is 0. The van der Waals surface area contributed by atoms with Gasteiger partial charge in [0.05, 0.1) is 0 Å². The lowest BCUT2D eigenvalue weighted by Gasteiger charge is -2.33. The van der Waals surface area contributed by atoms with Gasteiger partial charge in [0, 0.05) is 25.5 Å². The highest BCUT2D eigenvalue weighted by molar-refractivity contribution is 4.96. The minimum absolute atomic E-state index is 0.637. The van der Waals surface area contributed by atoms with Crippen molar-refractivity contribution in [3.8, 4) is 0 Å². The van der Waals surface area contributed by atoms with Crippen molar-refractivity contribution in [1.29, 1.82) is 0 Å². The smallest absolute Gasteiger partial charge is 0.101 e. The second-order valence-electron chi connectivity index (χ2n) is 14.3. The summed E-state index contributed by atoms with van der Waals surface area (Å²) >= 11 is 0. The highest BCUT2D eigenvalue weighted by Crippen LogP contribution is 2.23. The van der Waals surface area contributed by atoms with Crippen molar-refractivity contribution in [2.75, 3.05) is 13.1 Å². The fourth-order valence-corrected chi connectivity index (χ4v) is 7.14. The molecule has 256 valence electrons. The van der Waals surface area contributed by atoms with E-state index >= 15 is 0 Å². The molecule has 0 fully saturated rings. The summed E-state index contributed by atoms with van der Waals surface area (Å²) in [6.45, 7) is 9.43. The molecule has 1 unspecified atom stereocenters. The summed E-state index contributed by atoms with van der Waals surface area (Å²) in [5, 5.41) is 0. The second-order valence-corrected chi connectivity index (χ2v) is 14.3. The first kappa shape index (κ1) is 40.4. The molecule has 0 amide bonds. The molecule has 0 bridgehead atoms. The lowest BCUT2D eigenvalue weighted by molar-refractivity contribution is 0.137. The molecule has 0 saturated heterocycles. The van der Waals surface area contributed by atoms with Crippen LogP contribution in [0.3, 0.4) is 0 Å². The molecule has 1 aliphatic rings. The average molecular weight is 603 g/mol. The van der Waals surface area contributed by atoms with Gasteiger partial charge in [-0.05, 0) is 25.7 Å². The van der Waals surface area contributed by atoms with Crippen LogP contribution >= 0.6 is 0 Å². The van der Waals surface area contributed by atoms with Crippen molar-refractivity contribution in [2.24, 2.45) is 0 Å². The van der Waals surface area contributed by atoms with Crippen LogP contribution in [-0.4, -0.2) is 29.1 Å². The minimum atomic E-state index is 0.637. The van der Waals surface area contributed by atoms with Gasteiger partial charge in [0.1, 0.15) is 6.17 Å². The zero-order valence-electron chi connectivity index (χ0n) is 30.4. The summed E-state index contributed by atoms with van der Waals surface area (Å²) in [4.78, 5) is 5.32. The third-order valence-electron chi connectivity index (χ3n) is 10.0. The molecule has 1 atom stereocenters. The van der Waals surface area contributed by atoms with E-state index in [9.17, 15) is 0 Å². The van der Waals surface area contributed by atoms with E-state index in [4.69, 9.17) is 0 Å². The Bertz CT molecular complexity index is 558. The van der Waals surface area contributed by atoms with Crippen LogP contribution in [0.5, 0.6) is 0 Å². The first-order valence-electron chi connectivity index (χ1n) is 20.5. The minimum Gasteiger partial charge on any atom is -0.356 e. The van der Waals surface area contributed by atoms with Gasteiger partial charge in [0.15, 0.2) is 0 Å². The molecule has 0 saturated carbocycles. The second kappa shape index (κ2) is 32.7. The fraction of sp³-hybridized carbons (Fsp3) is 0.951. The first-order chi connectivity index (χ1) is 21.3. The van der Waals surface area contributed by atoms with Crippen molar-refractivity contribution >= 4 is 0 Å². The molecule has 0 aromatic heterocycles. The van der Waals surface area contributed by atoms with Crippen LogP contribution < -0.4 is 0 Å². The molecule has 2 nitrogen and oxygen atoms in total. The summed E-state index contributed by atoms with van der Waals surface area (Å²) in [6, 6.07) is 0. The molecule has 0 aromatic carbocycles. The van der Waals surface area contributed by atoms with Crippen LogP contribution in [0.25, 0.3) is 0 Å². The Morgan fingerprint density at radius 2 is 0.581 bits per heavy atom. The van der Waals surface area contributed by atoms with Gasteiger partial charge in [-0.1, -0.05) is 207 Å². The standard InChI is InChI=1S/C41H82N2/c1-4-7-9-11-13-15-17-19-21-23-25-27-29-31-33-35-38-43-40-39-42(37-6-3)41(43)36-34-32-30-28-26-24-22-20-18-16-14-12-10-8-5-2/h39-41H,4-38H2,1-3H3. The third kappa shape index (κ3) is 25.2. The van der Waals surface area contributed by atoms with E-state index in [0.717, 1.165) is 0 Å². The van der Waals surface area contributed by atoms with Gasteiger partial charge >= 0.3 is 0 Å².